The number of methoxy groups -OCH3 is 1. The van der Waals surface area contributed by atoms with Crippen LogP contribution >= 0.6 is 0 Å². The Morgan fingerprint density at radius 1 is 0.795 bits per heavy atom. The Hall–Kier alpha value is -4.70. The van der Waals surface area contributed by atoms with E-state index in [4.69, 9.17) is 15.6 Å². The number of carbonyl (C=O) groups is 4. The van der Waals surface area contributed by atoms with Crippen molar-refractivity contribution in [2.45, 2.75) is 64.1 Å². The summed E-state index contributed by atoms with van der Waals surface area (Å²) in [5.41, 5.74) is 7.63. The zero-order chi connectivity index (χ0) is 32.5. The van der Waals surface area contributed by atoms with Crippen LogP contribution in [0.25, 0.3) is 0 Å². The summed E-state index contributed by atoms with van der Waals surface area (Å²) >= 11 is 0. The number of nitrogens with two attached hydrogens (primary N) is 1. The Morgan fingerprint density at radius 2 is 1.34 bits per heavy atom. The second-order valence-electron chi connectivity index (χ2n) is 10.7. The quantitative estimate of drug-likeness (QED) is 0.177. The number of ether oxygens (including phenoxy) is 1. The Morgan fingerprint density at radius 3 is 1.84 bits per heavy atom. The highest BCUT2D eigenvalue weighted by Crippen LogP contribution is 2.14. The minimum atomic E-state index is -1.05. The average molecular weight is 606 g/mol. The monoisotopic (exact) mass is 605 g/mol. The lowest BCUT2D eigenvalue weighted by molar-refractivity contribution is -0.137. The second-order valence-corrected chi connectivity index (χ2v) is 10.7. The zero-order valence-electron chi connectivity index (χ0n) is 25.4. The molecule has 0 aromatic heterocycles. The number of nitrogens with one attached hydrogen (secondary N) is 2. The van der Waals surface area contributed by atoms with Crippen molar-refractivity contribution in [3.05, 3.63) is 102 Å². The topological polar surface area (TPSA) is 168 Å². The molecule has 3 rings (SSSR count). The number of carboxylic acid groups (broad SMARTS) is 1. The number of benzene rings is 3. The van der Waals surface area contributed by atoms with Gasteiger partial charge in [0, 0.05) is 6.42 Å². The van der Waals surface area contributed by atoms with E-state index in [1.54, 1.807) is 31.4 Å². The van der Waals surface area contributed by atoms with E-state index in [-0.39, 0.29) is 37.0 Å². The van der Waals surface area contributed by atoms with E-state index in [1.165, 1.54) is 0 Å². The number of aliphatic hydroxyl groups is 1. The molecule has 0 bridgehead atoms. The number of hydrogen-bond donors (Lipinski definition) is 5. The van der Waals surface area contributed by atoms with Crippen LogP contribution in [-0.2, 0) is 38.4 Å². The molecule has 3 aromatic rings. The summed E-state index contributed by atoms with van der Waals surface area (Å²) in [4.78, 5) is 47.1. The number of rotatable bonds is 15. The summed E-state index contributed by atoms with van der Waals surface area (Å²) in [6.45, 7) is 3.65. The number of carboxylic acids is 1. The van der Waals surface area contributed by atoms with Gasteiger partial charge in [-0.2, -0.15) is 0 Å². The molecule has 6 N–H and O–H groups in total. The van der Waals surface area contributed by atoms with Crippen LogP contribution in [0, 0.1) is 5.92 Å². The first kappa shape index (κ1) is 35.5. The highest BCUT2D eigenvalue weighted by molar-refractivity contribution is 5.88. The van der Waals surface area contributed by atoms with E-state index in [1.807, 2.05) is 74.5 Å². The molecule has 0 fully saturated rings. The molecule has 1 unspecified atom stereocenters. The van der Waals surface area contributed by atoms with Gasteiger partial charge in [0.2, 0.25) is 17.7 Å². The number of aliphatic carboxylic acids is 1. The first-order valence-corrected chi connectivity index (χ1v) is 14.5. The molecule has 10 nitrogen and oxygen atoms in total. The summed E-state index contributed by atoms with van der Waals surface area (Å²) < 4.78 is 5.12. The summed E-state index contributed by atoms with van der Waals surface area (Å²) in [5.74, 6) is -1.54. The summed E-state index contributed by atoms with van der Waals surface area (Å²) in [5, 5.41) is 25.2. The third-order valence-corrected chi connectivity index (χ3v) is 6.76. The molecule has 44 heavy (non-hydrogen) atoms. The van der Waals surface area contributed by atoms with Crippen LogP contribution in [0.1, 0.15) is 43.4 Å². The van der Waals surface area contributed by atoms with Crippen molar-refractivity contribution in [3.63, 3.8) is 0 Å². The van der Waals surface area contributed by atoms with Crippen LogP contribution < -0.4 is 21.1 Å². The SMILES string of the molecule is COc1ccc(CC(=O)NC(C(=O)N[C@@H](Cc2ccccc2)[C@@H](O)CCC(=O)O)C(C)C)cc1.NC(=O)Cc1ccccc1. The standard InChI is InChI=1S/C26H34N2O6.C8H9NO/c1-17(2)25(28-23(30)16-19-9-11-20(34-3)12-10-19)26(33)27-21(22(29)13-14-24(31)32)15-18-7-5-4-6-8-18;9-8(10)6-7-4-2-1-3-5-7/h4-12,17,21-22,25,29H,13-16H2,1-3H3,(H,27,33)(H,28,30)(H,31,32);1-5H,6H2,(H2,9,10)/t21-,22-,25?;/m0./s1. The Labute approximate surface area is 258 Å². The maximum atomic E-state index is 13.1. The van der Waals surface area contributed by atoms with E-state index in [2.05, 4.69) is 10.6 Å². The van der Waals surface area contributed by atoms with Gasteiger partial charge < -0.3 is 31.3 Å². The molecule has 0 aliphatic carbocycles. The molecule has 3 atom stereocenters. The third-order valence-electron chi connectivity index (χ3n) is 6.76. The first-order chi connectivity index (χ1) is 21.0. The van der Waals surface area contributed by atoms with Crippen molar-refractivity contribution in [1.82, 2.24) is 10.6 Å². The predicted molar refractivity (Wildman–Crippen MR) is 168 cm³/mol. The first-order valence-electron chi connectivity index (χ1n) is 14.5. The normalized spacial score (nSPS) is 12.6. The minimum absolute atomic E-state index is 0.00326. The van der Waals surface area contributed by atoms with Gasteiger partial charge in [-0.25, -0.2) is 0 Å². The van der Waals surface area contributed by atoms with E-state index in [0.29, 0.717) is 18.6 Å². The van der Waals surface area contributed by atoms with Crippen molar-refractivity contribution in [2.75, 3.05) is 7.11 Å². The zero-order valence-corrected chi connectivity index (χ0v) is 25.4. The molecule has 0 aliphatic heterocycles. The maximum Gasteiger partial charge on any atom is 0.303 e. The van der Waals surface area contributed by atoms with Crippen LogP contribution in [0.5, 0.6) is 5.75 Å². The largest absolute Gasteiger partial charge is 0.497 e. The molecular weight excluding hydrogens is 562 g/mol. The number of primary amides is 1. The average Bonchev–Trinajstić information content (AvgIpc) is 2.99. The Kier molecular flexibility index (Phi) is 15.1. The van der Waals surface area contributed by atoms with Crippen LogP contribution in [0.2, 0.25) is 0 Å². The Bertz CT molecular complexity index is 1320. The summed E-state index contributed by atoms with van der Waals surface area (Å²) in [7, 11) is 1.57. The van der Waals surface area contributed by atoms with Crippen molar-refractivity contribution < 1.29 is 34.1 Å². The van der Waals surface area contributed by atoms with E-state index in [9.17, 15) is 24.3 Å². The fraction of sp³-hybridized carbons (Fsp3) is 0.353. The molecule has 10 heteroatoms. The van der Waals surface area contributed by atoms with Gasteiger partial charge in [-0.05, 0) is 47.6 Å². The fourth-order valence-corrected chi connectivity index (χ4v) is 4.38. The van der Waals surface area contributed by atoms with Crippen molar-refractivity contribution in [3.8, 4) is 5.75 Å². The summed E-state index contributed by atoms with van der Waals surface area (Å²) in [6.07, 6.45) is -0.491. The lowest BCUT2D eigenvalue weighted by Crippen LogP contribution is -2.55. The fourth-order valence-electron chi connectivity index (χ4n) is 4.38. The maximum absolute atomic E-state index is 13.1. The second kappa shape index (κ2) is 18.8. The van der Waals surface area contributed by atoms with Gasteiger partial charge in [0.15, 0.2) is 0 Å². The number of carbonyl (C=O) groups excluding carboxylic acids is 3. The number of aliphatic hydroxyl groups excluding tert-OH is 1. The van der Waals surface area contributed by atoms with Gasteiger partial charge in [0.1, 0.15) is 11.8 Å². The van der Waals surface area contributed by atoms with Crippen molar-refractivity contribution >= 4 is 23.7 Å². The molecule has 3 amide bonds. The number of hydrogen-bond acceptors (Lipinski definition) is 6. The highest BCUT2D eigenvalue weighted by Gasteiger charge is 2.29. The minimum Gasteiger partial charge on any atom is -0.497 e. The van der Waals surface area contributed by atoms with Gasteiger partial charge in [-0.1, -0.05) is 86.6 Å². The molecule has 0 spiro atoms. The molecule has 0 heterocycles. The van der Waals surface area contributed by atoms with Crippen LogP contribution in [0.15, 0.2) is 84.9 Å². The molecular formula is C34H43N3O7. The van der Waals surface area contributed by atoms with Gasteiger partial charge in [0.25, 0.3) is 0 Å². The van der Waals surface area contributed by atoms with Crippen LogP contribution in [0.4, 0.5) is 0 Å². The molecule has 236 valence electrons. The van der Waals surface area contributed by atoms with Gasteiger partial charge in [0.05, 0.1) is 32.1 Å². The van der Waals surface area contributed by atoms with E-state index in [0.717, 1.165) is 16.7 Å². The van der Waals surface area contributed by atoms with Crippen LogP contribution in [-0.4, -0.2) is 59.2 Å². The smallest absolute Gasteiger partial charge is 0.303 e. The molecule has 3 aromatic carbocycles. The highest BCUT2D eigenvalue weighted by atomic mass is 16.5. The predicted octanol–water partition coefficient (Wildman–Crippen LogP) is 3.05. The van der Waals surface area contributed by atoms with Gasteiger partial charge in [-0.15, -0.1) is 0 Å². The number of amides is 3. The Balaban J connectivity index is 0.000000569. The molecule has 0 aliphatic rings. The van der Waals surface area contributed by atoms with E-state index < -0.39 is 30.1 Å². The molecule has 0 saturated heterocycles. The van der Waals surface area contributed by atoms with Crippen LogP contribution in [0.3, 0.4) is 0 Å². The molecule has 0 saturated carbocycles. The summed E-state index contributed by atoms with van der Waals surface area (Å²) in [6, 6.07) is 24.4. The third kappa shape index (κ3) is 13.5. The van der Waals surface area contributed by atoms with E-state index >= 15 is 0 Å². The van der Waals surface area contributed by atoms with Gasteiger partial charge >= 0.3 is 5.97 Å². The lowest BCUT2D eigenvalue weighted by atomic mass is 9.96. The van der Waals surface area contributed by atoms with Gasteiger partial charge in [-0.3, -0.25) is 19.2 Å². The lowest BCUT2D eigenvalue weighted by Gasteiger charge is -2.28. The molecule has 0 radical (unpaired) electrons. The van der Waals surface area contributed by atoms with Crippen molar-refractivity contribution in [1.29, 1.82) is 0 Å². The van der Waals surface area contributed by atoms with Crippen molar-refractivity contribution in [2.24, 2.45) is 11.7 Å².